The second kappa shape index (κ2) is 25.1. The number of carboxylic acid groups (broad SMARTS) is 1. The average Bonchev–Trinajstić information content (AvgIpc) is 3.85. The van der Waals surface area contributed by atoms with Gasteiger partial charge in [0.1, 0.15) is 23.9 Å². The number of halogens is 1. The van der Waals surface area contributed by atoms with Gasteiger partial charge in [0.25, 0.3) is 11.8 Å². The van der Waals surface area contributed by atoms with E-state index in [0.717, 1.165) is 17.7 Å². The molecule has 1 aliphatic carbocycles. The maximum Gasteiger partial charge on any atom is 0.326 e. The van der Waals surface area contributed by atoms with E-state index in [-0.39, 0.29) is 84.1 Å². The van der Waals surface area contributed by atoms with Crippen molar-refractivity contribution in [2.75, 3.05) is 41.4 Å². The number of amides is 7. The van der Waals surface area contributed by atoms with Gasteiger partial charge in [-0.05, 0) is 66.9 Å². The third-order valence-corrected chi connectivity index (χ3v) is 14.6. The average molecular weight is 969 g/mol. The zero-order valence-electron chi connectivity index (χ0n) is 42.5. The summed E-state index contributed by atoms with van der Waals surface area (Å²) >= 11 is 0. The number of carboxylic acids is 1. The number of likely N-dealkylation sites (N-methyl/N-ethyl adjacent to an activating group) is 2. The van der Waals surface area contributed by atoms with Gasteiger partial charge in [0.2, 0.25) is 29.5 Å². The molecule has 2 fully saturated rings. The molecule has 1 saturated heterocycles. The maximum atomic E-state index is 14.6. The van der Waals surface area contributed by atoms with Gasteiger partial charge < -0.3 is 39.9 Å². The number of hydrogen-bond donors (Lipinski definition) is 3. The molecule has 0 radical (unpaired) electrons. The minimum Gasteiger partial charge on any atom is -0.480 e. The summed E-state index contributed by atoms with van der Waals surface area (Å²) in [6.07, 6.45) is 5.29. The Hall–Kier alpha value is -5.23. The van der Waals surface area contributed by atoms with E-state index < -0.39 is 71.9 Å². The fraction of sp³-hybridized carbons (Fsp3) is 0.686. The number of likely N-dealkylation sites (tertiary alicyclic amines) is 1. The molecular formula is C51H77FN6O11. The Kier molecular flexibility index (Phi) is 20.5. The molecule has 3 N–H and O–H groups in total. The SMILES string of the molecule is CC[C@H](C)C(C(CC(=O)N1CC2(CC2)C[C@H]1C(OC)C(C)C(=O)NC(Cc1ccccc1F)C(=O)O)OC)N(C)C(=O)[C@@H](NC(=O)[C@H](C(C)C)N(C)C(=O)CCCCCN1C(=O)C=CC1=O)C(C)C. The van der Waals surface area contributed by atoms with Gasteiger partial charge in [-0.15, -0.1) is 0 Å². The zero-order valence-corrected chi connectivity index (χ0v) is 42.5. The number of carbonyl (C=O) groups excluding carboxylic acids is 7. The lowest BCUT2D eigenvalue weighted by Gasteiger charge is -2.41. The van der Waals surface area contributed by atoms with Crippen molar-refractivity contribution >= 4 is 47.3 Å². The Bertz CT molecular complexity index is 2020. The van der Waals surface area contributed by atoms with Crippen molar-refractivity contribution in [1.29, 1.82) is 0 Å². The molecule has 5 unspecified atom stereocenters. The summed E-state index contributed by atoms with van der Waals surface area (Å²) in [5, 5.41) is 15.5. The summed E-state index contributed by atoms with van der Waals surface area (Å²) < 4.78 is 26.5. The molecule has 7 amide bonds. The number of aliphatic carboxylic acids is 1. The second-order valence-corrected chi connectivity index (χ2v) is 20.2. The number of rotatable bonds is 27. The molecule has 1 saturated carbocycles. The van der Waals surface area contributed by atoms with Gasteiger partial charge >= 0.3 is 5.97 Å². The van der Waals surface area contributed by atoms with E-state index in [0.29, 0.717) is 38.6 Å². The number of carbonyl (C=O) groups is 8. The molecule has 1 aromatic rings. The van der Waals surface area contributed by atoms with Crippen LogP contribution in [0.2, 0.25) is 0 Å². The molecule has 9 atom stereocenters. The van der Waals surface area contributed by atoms with Gasteiger partial charge in [0.15, 0.2) is 0 Å². The Balaban J connectivity index is 1.46. The molecule has 0 bridgehead atoms. The number of hydrogen-bond acceptors (Lipinski definition) is 10. The van der Waals surface area contributed by atoms with Gasteiger partial charge in [-0.2, -0.15) is 0 Å². The number of methoxy groups -OCH3 is 2. The van der Waals surface area contributed by atoms with Crippen molar-refractivity contribution < 1.29 is 57.3 Å². The lowest BCUT2D eigenvalue weighted by atomic mass is 9.89. The molecule has 3 aliphatic rings. The van der Waals surface area contributed by atoms with Crippen LogP contribution in [0.5, 0.6) is 0 Å². The first kappa shape index (κ1) is 56.4. The second-order valence-electron chi connectivity index (χ2n) is 20.2. The van der Waals surface area contributed by atoms with Crippen LogP contribution in [0.3, 0.4) is 0 Å². The molecule has 4 rings (SSSR count). The lowest BCUT2D eigenvalue weighted by molar-refractivity contribution is -0.149. The Morgan fingerprint density at radius 3 is 2.04 bits per heavy atom. The number of nitrogens with zero attached hydrogens (tertiary/aromatic N) is 4. The van der Waals surface area contributed by atoms with Crippen molar-refractivity contribution in [3.05, 3.63) is 47.8 Å². The Morgan fingerprint density at radius 1 is 0.870 bits per heavy atom. The summed E-state index contributed by atoms with van der Waals surface area (Å²) in [6.45, 7) is 13.6. The lowest BCUT2D eigenvalue weighted by Crippen LogP contribution is -2.60. The van der Waals surface area contributed by atoms with Crippen molar-refractivity contribution in [2.24, 2.45) is 29.1 Å². The van der Waals surface area contributed by atoms with E-state index in [4.69, 9.17) is 9.47 Å². The molecule has 17 nitrogen and oxygen atoms in total. The summed E-state index contributed by atoms with van der Waals surface area (Å²) in [5.41, 5.74) is 0.00741. The Labute approximate surface area is 407 Å². The standard InChI is InChI=1S/C51H77FN6O11/c1-12-32(6)45(56(9)49(65)43(30(2)3)54-48(64)44(31(4)5)55(8)39(59)20-14-13-17-25-57-40(60)21-22-41(57)61)38(68-10)27-42(62)58-29-51(23-24-51)28-37(58)46(69-11)33(7)47(63)53-36(50(66)67)26-34-18-15-16-19-35(34)52/h15-16,18-19,21-22,30-33,36-38,43-46H,12-14,17,20,23-29H2,1-11H3,(H,53,63)(H,54,64)(H,66,67)/t32-,33?,36?,37-,38?,43-,44-,45?,46?/m0/s1. The van der Waals surface area contributed by atoms with Crippen molar-refractivity contribution in [3.8, 4) is 0 Å². The van der Waals surface area contributed by atoms with Crippen molar-refractivity contribution in [1.82, 2.24) is 30.2 Å². The molecular weight excluding hydrogens is 892 g/mol. The maximum absolute atomic E-state index is 14.6. The van der Waals surface area contributed by atoms with Crippen LogP contribution in [0.25, 0.3) is 0 Å². The molecule has 1 spiro atoms. The van der Waals surface area contributed by atoms with Crippen LogP contribution in [-0.4, -0.2) is 156 Å². The van der Waals surface area contributed by atoms with Crippen LogP contribution in [0.15, 0.2) is 36.4 Å². The van der Waals surface area contributed by atoms with Crippen LogP contribution in [-0.2, 0) is 54.3 Å². The first-order valence-corrected chi connectivity index (χ1v) is 24.5. The van der Waals surface area contributed by atoms with E-state index in [1.54, 1.807) is 36.9 Å². The fourth-order valence-corrected chi connectivity index (χ4v) is 10.1. The molecule has 18 heteroatoms. The van der Waals surface area contributed by atoms with Crippen LogP contribution in [0.1, 0.15) is 112 Å². The number of unbranched alkanes of at least 4 members (excludes halogenated alkanes) is 2. The highest BCUT2D eigenvalue weighted by Crippen LogP contribution is 2.56. The highest BCUT2D eigenvalue weighted by molar-refractivity contribution is 6.12. The smallest absolute Gasteiger partial charge is 0.326 e. The van der Waals surface area contributed by atoms with E-state index in [1.807, 2.05) is 41.5 Å². The number of imide groups is 1. The van der Waals surface area contributed by atoms with Gasteiger partial charge in [0, 0.05) is 66.4 Å². The third kappa shape index (κ3) is 14.2. The van der Waals surface area contributed by atoms with E-state index in [9.17, 15) is 47.9 Å². The predicted octanol–water partition coefficient (Wildman–Crippen LogP) is 4.36. The summed E-state index contributed by atoms with van der Waals surface area (Å²) in [7, 11) is 6.17. The fourth-order valence-electron chi connectivity index (χ4n) is 10.1. The highest BCUT2D eigenvalue weighted by Gasteiger charge is 2.56. The minimum atomic E-state index is -1.41. The first-order chi connectivity index (χ1) is 32.5. The Morgan fingerprint density at radius 2 is 1.51 bits per heavy atom. The normalized spacial score (nSPS) is 19.8. The highest BCUT2D eigenvalue weighted by atomic mass is 19.1. The monoisotopic (exact) mass is 969 g/mol. The quantitative estimate of drug-likeness (QED) is 0.0833. The first-order valence-electron chi connectivity index (χ1n) is 24.5. The molecule has 69 heavy (non-hydrogen) atoms. The number of ether oxygens (including phenoxy) is 2. The van der Waals surface area contributed by atoms with Gasteiger partial charge in [0.05, 0.1) is 36.6 Å². The largest absolute Gasteiger partial charge is 0.480 e. The molecule has 2 heterocycles. The topological polar surface area (TPSA) is 212 Å². The predicted molar refractivity (Wildman–Crippen MR) is 255 cm³/mol. The van der Waals surface area contributed by atoms with Crippen LogP contribution in [0.4, 0.5) is 4.39 Å². The minimum absolute atomic E-state index is 0.108. The van der Waals surface area contributed by atoms with E-state index in [1.165, 1.54) is 49.5 Å². The van der Waals surface area contributed by atoms with Gasteiger partial charge in [-0.3, -0.25) is 38.5 Å². The summed E-state index contributed by atoms with van der Waals surface area (Å²) in [4.78, 5) is 112. The summed E-state index contributed by atoms with van der Waals surface area (Å²) in [6, 6.07) is 1.36. The third-order valence-electron chi connectivity index (χ3n) is 14.6. The molecule has 0 aromatic heterocycles. The van der Waals surface area contributed by atoms with Gasteiger partial charge in [-0.25, -0.2) is 9.18 Å². The van der Waals surface area contributed by atoms with Crippen molar-refractivity contribution in [3.63, 3.8) is 0 Å². The van der Waals surface area contributed by atoms with Crippen LogP contribution >= 0.6 is 0 Å². The van der Waals surface area contributed by atoms with Crippen molar-refractivity contribution in [2.45, 2.75) is 155 Å². The zero-order chi connectivity index (χ0) is 51.5. The summed E-state index contributed by atoms with van der Waals surface area (Å²) in [5.74, 6) is -6.29. The van der Waals surface area contributed by atoms with Crippen LogP contribution in [0, 0.1) is 34.9 Å². The molecule has 384 valence electrons. The molecule has 2 aliphatic heterocycles. The van der Waals surface area contributed by atoms with Crippen LogP contribution < -0.4 is 10.6 Å². The number of benzene rings is 1. The number of nitrogens with one attached hydrogen (secondary N) is 2. The van der Waals surface area contributed by atoms with E-state index >= 15 is 0 Å². The van der Waals surface area contributed by atoms with Gasteiger partial charge in [-0.1, -0.05) is 79.5 Å². The molecule has 1 aromatic carbocycles. The van der Waals surface area contributed by atoms with E-state index in [2.05, 4.69) is 10.6 Å².